The Labute approximate surface area is 177 Å². The average molecular weight is 415 g/mol. The van der Waals surface area contributed by atoms with Gasteiger partial charge in [0.15, 0.2) is 0 Å². The number of nitrogens with zero attached hydrogens (tertiary/aromatic N) is 6. The Balaban J connectivity index is 1.58. The highest BCUT2D eigenvalue weighted by atomic mass is 16.2. The zero-order chi connectivity index (χ0) is 21.5. The molecule has 1 atom stereocenters. The molecule has 0 aromatic carbocycles. The molecule has 0 N–H and O–H groups in total. The van der Waals surface area contributed by atoms with Crippen LogP contribution in [-0.4, -0.2) is 101 Å². The SMILES string of the molecule is CCN1CC[C@@]2(CN(C(=O)N(C)C)CC23CCN(C(=O)c2ccnnc2)CC3)C1=O. The predicted octanol–water partition coefficient (Wildman–Crippen LogP) is 0.935. The number of fused-ring (bicyclic) bond motifs is 1. The fourth-order valence-corrected chi connectivity index (χ4v) is 5.64. The fraction of sp³-hybridized carbons (Fsp3) is 0.667. The minimum Gasteiger partial charge on any atom is -0.342 e. The largest absolute Gasteiger partial charge is 0.342 e. The molecule has 9 heteroatoms. The minimum absolute atomic E-state index is 0.0460. The first-order valence-corrected chi connectivity index (χ1v) is 10.7. The van der Waals surface area contributed by atoms with Crippen LogP contribution in [0.3, 0.4) is 0 Å². The van der Waals surface area contributed by atoms with Gasteiger partial charge in [-0.05, 0) is 32.3 Å². The molecule has 30 heavy (non-hydrogen) atoms. The van der Waals surface area contributed by atoms with Crippen LogP contribution in [0.5, 0.6) is 0 Å². The molecule has 0 bridgehead atoms. The van der Waals surface area contributed by atoms with Crippen molar-refractivity contribution in [2.24, 2.45) is 10.8 Å². The van der Waals surface area contributed by atoms with E-state index in [4.69, 9.17) is 0 Å². The van der Waals surface area contributed by atoms with E-state index in [0.717, 1.165) is 25.8 Å². The third-order valence-corrected chi connectivity index (χ3v) is 7.35. The van der Waals surface area contributed by atoms with Crippen molar-refractivity contribution in [1.82, 2.24) is 29.8 Å². The third kappa shape index (κ3) is 3.02. The van der Waals surface area contributed by atoms with Crippen LogP contribution in [0.4, 0.5) is 4.79 Å². The van der Waals surface area contributed by atoms with E-state index in [1.807, 2.05) is 21.6 Å². The Morgan fingerprint density at radius 2 is 1.80 bits per heavy atom. The Kier molecular flexibility index (Phi) is 5.15. The number of piperidine rings is 1. The first-order chi connectivity index (χ1) is 14.3. The lowest BCUT2D eigenvalue weighted by atomic mass is 9.60. The zero-order valence-corrected chi connectivity index (χ0v) is 18.0. The van der Waals surface area contributed by atoms with Crippen LogP contribution in [0.2, 0.25) is 0 Å². The molecular formula is C21H30N6O3. The van der Waals surface area contributed by atoms with Gasteiger partial charge in [0.05, 0.1) is 23.4 Å². The number of carbonyl (C=O) groups is 3. The molecule has 0 unspecified atom stereocenters. The van der Waals surface area contributed by atoms with Gasteiger partial charge in [-0.15, -0.1) is 0 Å². The van der Waals surface area contributed by atoms with Crippen LogP contribution in [0.15, 0.2) is 18.5 Å². The van der Waals surface area contributed by atoms with Gasteiger partial charge in [0, 0.05) is 58.8 Å². The van der Waals surface area contributed by atoms with Gasteiger partial charge in [0.25, 0.3) is 5.91 Å². The van der Waals surface area contributed by atoms with Crippen molar-refractivity contribution < 1.29 is 14.4 Å². The van der Waals surface area contributed by atoms with Crippen LogP contribution in [0, 0.1) is 10.8 Å². The maximum Gasteiger partial charge on any atom is 0.319 e. The Morgan fingerprint density at radius 1 is 1.07 bits per heavy atom. The smallest absolute Gasteiger partial charge is 0.319 e. The number of aromatic nitrogens is 2. The van der Waals surface area contributed by atoms with Crippen LogP contribution < -0.4 is 0 Å². The number of urea groups is 1. The van der Waals surface area contributed by atoms with Crippen molar-refractivity contribution >= 4 is 17.8 Å². The molecule has 2 spiro atoms. The van der Waals surface area contributed by atoms with E-state index in [2.05, 4.69) is 10.2 Å². The predicted molar refractivity (Wildman–Crippen MR) is 110 cm³/mol. The lowest BCUT2D eigenvalue weighted by molar-refractivity contribution is -0.141. The summed E-state index contributed by atoms with van der Waals surface area (Å²) in [6, 6.07) is 1.63. The summed E-state index contributed by atoms with van der Waals surface area (Å²) in [5.41, 5.74) is -0.296. The van der Waals surface area contributed by atoms with Gasteiger partial charge in [-0.25, -0.2) is 4.79 Å². The first-order valence-electron chi connectivity index (χ1n) is 10.7. The molecule has 3 aliphatic rings. The standard InChI is InChI=1S/C21H30N6O3/c1-4-25-12-8-21(18(25)29)15-27(19(30)24(2)3)14-20(21)6-10-26(11-7-20)17(28)16-5-9-22-23-13-16/h5,9,13H,4,6-8,10-12,14-15H2,1-3H3/t21-/m1/s1. The Bertz CT molecular complexity index is 836. The van der Waals surface area contributed by atoms with E-state index >= 15 is 0 Å². The molecule has 1 aromatic heterocycles. The van der Waals surface area contributed by atoms with Crippen molar-refractivity contribution in [2.75, 3.05) is 53.4 Å². The van der Waals surface area contributed by atoms with Gasteiger partial charge in [-0.2, -0.15) is 10.2 Å². The molecule has 3 aliphatic heterocycles. The summed E-state index contributed by atoms with van der Waals surface area (Å²) in [7, 11) is 3.50. The number of amides is 4. The summed E-state index contributed by atoms with van der Waals surface area (Å²) >= 11 is 0. The van der Waals surface area contributed by atoms with Crippen molar-refractivity contribution in [1.29, 1.82) is 0 Å². The van der Waals surface area contributed by atoms with Crippen LogP contribution in [-0.2, 0) is 4.79 Å². The third-order valence-electron chi connectivity index (χ3n) is 7.35. The van der Waals surface area contributed by atoms with E-state index in [0.29, 0.717) is 38.3 Å². The molecule has 3 fully saturated rings. The van der Waals surface area contributed by atoms with E-state index in [1.165, 1.54) is 12.4 Å². The molecule has 9 nitrogen and oxygen atoms in total. The molecule has 0 aliphatic carbocycles. The highest BCUT2D eigenvalue weighted by Crippen LogP contribution is 2.58. The lowest BCUT2D eigenvalue weighted by Gasteiger charge is -2.46. The second-order valence-electron chi connectivity index (χ2n) is 8.95. The molecule has 4 amide bonds. The quantitative estimate of drug-likeness (QED) is 0.718. The molecule has 0 radical (unpaired) electrons. The number of carbonyl (C=O) groups excluding carboxylic acids is 3. The molecule has 4 heterocycles. The summed E-state index contributed by atoms with van der Waals surface area (Å²) in [6.07, 6.45) is 5.22. The van der Waals surface area contributed by atoms with E-state index < -0.39 is 5.41 Å². The van der Waals surface area contributed by atoms with Gasteiger partial charge in [-0.3, -0.25) is 9.59 Å². The van der Waals surface area contributed by atoms with Gasteiger partial charge in [-0.1, -0.05) is 0 Å². The summed E-state index contributed by atoms with van der Waals surface area (Å²) in [5.74, 6) is 0.123. The van der Waals surface area contributed by atoms with Crippen molar-refractivity contribution in [2.45, 2.75) is 26.2 Å². The van der Waals surface area contributed by atoms with E-state index in [1.54, 1.807) is 25.1 Å². The van der Waals surface area contributed by atoms with Crippen LogP contribution in [0.25, 0.3) is 0 Å². The van der Waals surface area contributed by atoms with Gasteiger partial charge in [0.2, 0.25) is 5.91 Å². The molecule has 4 rings (SSSR count). The Hall–Kier alpha value is -2.71. The highest BCUT2D eigenvalue weighted by Gasteiger charge is 2.66. The Morgan fingerprint density at radius 3 is 2.37 bits per heavy atom. The lowest BCUT2D eigenvalue weighted by Crippen LogP contribution is -2.53. The number of likely N-dealkylation sites (tertiary alicyclic amines) is 3. The monoisotopic (exact) mass is 414 g/mol. The second-order valence-corrected chi connectivity index (χ2v) is 8.95. The maximum absolute atomic E-state index is 13.5. The summed E-state index contributed by atoms with van der Waals surface area (Å²) in [5, 5.41) is 7.54. The average Bonchev–Trinajstić information content (AvgIpc) is 3.26. The topological polar surface area (TPSA) is 89.9 Å². The highest BCUT2D eigenvalue weighted by molar-refractivity contribution is 5.94. The van der Waals surface area contributed by atoms with Gasteiger partial charge < -0.3 is 19.6 Å². The maximum atomic E-state index is 13.5. The van der Waals surface area contributed by atoms with Gasteiger partial charge >= 0.3 is 6.03 Å². The first kappa shape index (κ1) is 20.6. The second kappa shape index (κ2) is 7.52. The van der Waals surface area contributed by atoms with Gasteiger partial charge in [0.1, 0.15) is 0 Å². The van der Waals surface area contributed by atoms with E-state index in [9.17, 15) is 14.4 Å². The molecule has 0 saturated carbocycles. The van der Waals surface area contributed by atoms with Crippen LogP contribution >= 0.6 is 0 Å². The number of rotatable bonds is 2. The number of hydrogen-bond acceptors (Lipinski definition) is 5. The molecule has 1 aromatic rings. The summed E-state index contributed by atoms with van der Waals surface area (Å²) in [6.45, 7) is 5.64. The fourth-order valence-electron chi connectivity index (χ4n) is 5.64. The zero-order valence-electron chi connectivity index (χ0n) is 18.0. The molecule has 3 saturated heterocycles. The minimum atomic E-state index is -0.540. The summed E-state index contributed by atoms with van der Waals surface area (Å²) < 4.78 is 0. The number of hydrogen-bond donors (Lipinski definition) is 0. The molecular weight excluding hydrogens is 384 g/mol. The van der Waals surface area contributed by atoms with Crippen molar-refractivity contribution in [3.05, 3.63) is 24.0 Å². The van der Waals surface area contributed by atoms with E-state index in [-0.39, 0.29) is 23.3 Å². The molecule has 162 valence electrons. The van der Waals surface area contributed by atoms with Crippen LogP contribution in [0.1, 0.15) is 36.5 Å². The van der Waals surface area contributed by atoms with Crippen molar-refractivity contribution in [3.63, 3.8) is 0 Å². The van der Waals surface area contributed by atoms with Crippen molar-refractivity contribution in [3.8, 4) is 0 Å². The normalized spacial score (nSPS) is 25.4. The summed E-state index contributed by atoms with van der Waals surface area (Å²) in [4.78, 5) is 46.3.